The van der Waals surface area contributed by atoms with Gasteiger partial charge in [-0.1, -0.05) is 23.9 Å². The van der Waals surface area contributed by atoms with Crippen molar-refractivity contribution in [2.75, 3.05) is 0 Å². The Labute approximate surface area is 107 Å². The van der Waals surface area contributed by atoms with Crippen LogP contribution in [0.2, 0.25) is 0 Å². The monoisotopic (exact) mass is 261 g/mol. The van der Waals surface area contributed by atoms with Crippen molar-refractivity contribution >= 4 is 34.5 Å². The van der Waals surface area contributed by atoms with Crippen LogP contribution in [0, 0.1) is 0 Å². The highest BCUT2D eigenvalue weighted by atomic mass is 32.2. The van der Waals surface area contributed by atoms with Crippen LogP contribution >= 0.6 is 11.8 Å². The number of thioether (sulfide) groups is 1. The summed E-state index contributed by atoms with van der Waals surface area (Å²) < 4.78 is 1.89. The molecule has 0 aliphatic heterocycles. The second-order valence-electron chi connectivity index (χ2n) is 3.93. The topological polar surface area (TPSA) is 89.1 Å². The van der Waals surface area contributed by atoms with Crippen molar-refractivity contribution in [2.45, 2.75) is 17.3 Å². The first-order valence-corrected chi connectivity index (χ1v) is 6.32. The average Bonchev–Trinajstić information content (AvgIpc) is 2.89. The second-order valence-corrected chi connectivity index (χ2v) is 5.24. The number of rotatable bonds is 3. The third kappa shape index (κ3) is 1.63. The molecule has 18 heavy (non-hydrogen) atoms. The Morgan fingerprint density at radius 2 is 2.28 bits per heavy atom. The fraction of sp³-hybridized carbons (Fsp3) is 0.182. The lowest BCUT2D eigenvalue weighted by Gasteiger charge is -2.04. The summed E-state index contributed by atoms with van der Waals surface area (Å²) in [5, 5.41) is 7.36. The summed E-state index contributed by atoms with van der Waals surface area (Å²) in [4.78, 5) is 15.5. The molecule has 0 spiro atoms. The van der Waals surface area contributed by atoms with Gasteiger partial charge in [-0.2, -0.15) is 0 Å². The molecule has 1 amide bonds. The molecule has 1 atom stereocenters. The predicted molar refractivity (Wildman–Crippen MR) is 69.4 cm³/mol. The van der Waals surface area contributed by atoms with Crippen LogP contribution in [0.1, 0.15) is 6.92 Å². The molecule has 0 bridgehead atoms. The zero-order chi connectivity index (χ0) is 12.7. The lowest BCUT2D eigenvalue weighted by atomic mass is 10.3. The molecule has 0 aliphatic rings. The number of carbonyl (C=O) groups excluding carboxylic acids is 1. The predicted octanol–water partition coefficient (Wildman–Crippen LogP) is 1.18. The van der Waals surface area contributed by atoms with Crippen LogP contribution in [0.4, 0.5) is 0 Å². The molecule has 3 N–H and O–H groups in total. The van der Waals surface area contributed by atoms with Crippen molar-refractivity contribution < 1.29 is 4.79 Å². The van der Waals surface area contributed by atoms with Gasteiger partial charge in [-0.3, -0.25) is 9.20 Å². The van der Waals surface area contributed by atoms with E-state index in [0.717, 1.165) is 11.0 Å². The number of aromatic amines is 1. The Morgan fingerprint density at radius 3 is 3.06 bits per heavy atom. The summed E-state index contributed by atoms with van der Waals surface area (Å²) in [6, 6.07) is 7.77. The van der Waals surface area contributed by atoms with E-state index in [9.17, 15) is 4.79 Å². The Hall–Kier alpha value is -2.02. The second kappa shape index (κ2) is 4.02. The lowest BCUT2D eigenvalue weighted by molar-refractivity contribution is -0.117. The van der Waals surface area contributed by atoms with Gasteiger partial charge < -0.3 is 5.73 Å². The third-order valence-corrected chi connectivity index (χ3v) is 3.76. The number of H-pyrrole nitrogens is 1. The Balaban J connectivity index is 2.15. The quantitative estimate of drug-likeness (QED) is 0.693. The minimum absolute atomic E-state index is 0.335. The van der Waals surface area contributed by atoms with Gasteiger partial charge in [-0.05, 0) is 19.1 Å². The number of carbonyl (C=O) groups is 1. The van der Waals surface area contributed by atoms with E-state index in [0.29, 0.717) is 10.9 Å². The van der Waals surface area contributed by atoms with Gasteiger partial charge in [0, 0.05) is 0 Å². The number of imidazole rings is 1. The standard InChI is InChI=1S/C11H11N5OS/c1-6(9(12)17)18-11-15-14-10-13-7-4-2-3-5-8(7)16(10)11/h2-6H,1H3,(H2,12,17)(H,13,14). The van der Waals surface area contributed by atoms with Crippen LogP contribution in [0.15, 0.2) is 29.4 Å². The fourth-order valence-electron chi connectivity index (χ4n) is 1.74. The highest BCUT2D eigenvalue weighted by Gasteiger charge is 2.17. The summed E-state index contributed by atoms with van der Waals surface area (Å²) in [7, 11) is 0. The largest absolute Gasteiger partial charge is 0.369 e. The van der Waals surface area contributed by atoms with E-state index in [2.05, 4.69) is 15.2 Å². The van der Waals surface area contributed by atoms with Crippen LogP contribution in [0.5, 0.6) is 0 Å². The van der Waals surface area contributed by atoms with Crippen molar-refractivity contribution in [2.24, 2.45) is 5.73 Å². The summed E-state index contributed by atoms with van der Waals surface area (Å²) in [5.74, 6) is 0.302. The van der Waals surface area contributed by atoms with E-state index < -0.39 is 0 Å². The Bertz CT molecular complexity index is 731. The molecule has 2 aromatic heterocycles. The van der Waals surface area contributed by atoms with Gasteiger partial charge in [-0.25, -0.2) is 10.1 Å². The molecule has 92 valence electrons. The molecule has 7 heteroatoms. The molecular weight excluding hydrogens is 250 g/mol. The van der Waals surface area contributed by atoms with E-state index in [1.54, 1.807) is 6.92 Å². The van der Waals surface area contributed by atoms with Gasteiger partial charge in [0.1, 0.15) is 0 Å². The number of benzene rings is 1. The van der Waals surface area contributed by atoms with Gasteiger partial charge in [0.05, 0.1) is 16.3 Å². The molecular formula is C11H11N5OS. The number of hydrogen-bond donors (Lipinski definition) is 2. The summed E-state index contributed by atoms with van der Waals surface area (Å²) in [6.45, 7) is 1.76. The van der Waals surface area contributed by atoms with Crippen molar-refractivity contribution in [3.63, 3.8) is 0 Å². The molecule has 1 unspecified atom stereocenters. The number of nitrogens with zero attached hydrogens (tertiary/aromatic N) is 3. The van der Waals surface area contributed by atoms with Crippen molar-refractivity contribution in [1.29, 1.82) is 0 Å². The normalized spacial score (nSPS) is 13.2. The molecule has 0 radical (unpaired) electrons. The molecule has 0 saturated heterocycles. The Morgan fingerprint density at radius 1 is 1.50 bits per heavy atom. The Kier molecular flexibility index (Phi) is 2.48. The van der Waals surface area contributed by atoms with Crippen molar-refractivity contribution in [3.05, 3.63) is 24.3 Å². The van der Waals surface area contributed by atoms with E-state index >= 15 is 0 Å². The van der Waals surface area contributed by atoms with Crippen LogP contribution < -0.4 is 5.73 Å². The minimum atomic E-state index is -0.361. The summed E-state index contributed by atoms with van der Waals surface area (Å²) in [5.41, 5.74) is 7.11. The number of primary amides is 1. The van der Waals surface area contributed by atoms with Crippen LogP contribution in [-0.4, -0.2) is 30.7 Å². The van der Waals surface area contributed by atoms with Gasteiger partial charge >= 0.3 is 0 Å². The maximum atomic E-state index is 11.1. The highest BCUT2D eigenvalue weighted by Crippen LogP contribution is 2.25. The number of amides is 1. The fourth-order valence-corrected chi connectivity index (χ4v) is 2.56. The summed E-state index contributed by atoms with van der Waals surface area (Å²) >= 11 is 1.31. The average molecular weight is 261 g/mol. The molecule has 3 rings (SSSR count). The molecule has 3 aromatic rings. The van der Waals surface area contributed by atoms with Crippen molar-refractivity contribution in [1.82, 2.24) is 19.6 Å². The van der Waals surface area contributed by atoms with E-state index in [4.69, 9.17) is 5.73 Å². The molecule has 0 aliphatic carbocycles. The first-order valence-electron chi connectivity index (χ1n) is 5.44. The van der Waals surface area contributed by atoms with Crippen LogP contribution in [-0.2, 0) is 4.79 Å². The highest BCUT2D eigenvalue weighted by molar-refractivity contribution is 8.00. The zero-order valence-corrected chi connectivity index (χ0v) is 10.4. The summed E-state index contributed by atoms with van der Waals surface area (Å²) in [6.07, 6.45) is 0. The number of para-hydroxylation sites is 2. The zero-order valence-electron chi connectivity index (χ0n) is 9.62. The van der Waals surface area contributed by atoms with Crippen molar-refractivity contribution in [3.8, 4) is 0 Å². The van der Waals surface area contributed by atoms with Crippen LogP contribution in [0.3, 0.4) is 0 Å². The molecule has 0 saturated carbocycles. The number of nitrogens with two attached hydrogens (primary N) is 1. The number of aromatic nitrogens is 4. The van der Waals surface area contributed by atoms with Crippen LogP contribution in [0.25, 0.3) is 16.8 Å². The number of fused-ring (bicyclic) bond motifs is 3. The molecule has 6 nitrogen and oxygen atoms in total. The minimum Gasteiger partial charge on any atom is -0.369 e. The van der Waals surface area contributed by atoms with Gasteiger partial charge in [0.2, 0.25) is 11.7 Å². The number of nitrogens with one attached hydrogen (secondary N) is 1. The first-order chi connectivity index (χ1) is 8.66. The lowest BCUT2D eigenvalue weighted by Crippen LogP contribution is -2.22. The smallest absolute Gasteiger partial charge is 0.231 e. The van der Waals surface area contributed by atoms with E-state index in [-0.39, 0.29) is 11.2 Å². The molecule has 1 aromatic carbocycles. The van der Waals surface area contributed by atoms with Gasteiger partial charge in [-0.15, -0.1) is 5.10 Å². The maximum Gasteiger partial charge on any atom is 0.231 e. The molecule has 0 fully saturated rings. The van der Waals surface area contributed by atoms with Gasteiger partial charge in [0.15, 0.2) is 5.16 Å². The third-order valence-electron chi connectivity index (χ3n) is 2.69. The molecule has 2 heterocycles. The van der Waals surface area contributed by atoms with E-state index in [1.807, 2.05) is 28.7 Å². The maximum absolute atomic E-state index is 11.1. The SMILES string of the molecule is CC(Sc1n[nH]c2nc3ccccc3n12)C(N)=O. The van der Waals surface area contributed by atoms with E-state index in [1.165, 1.54) is 11.8 Å². The van der Waals surface area contributed by atoms with Gasteiger partial charge in [0.25, 0.3) is 0 Å². The first kappa shape index (κ1) is 11.1. The number of hydrogen-bond acceptors (Lipinski definition) is 4.